The Hall–Kier alpha value is -2.20. The number of thiocarbonyl (C=S) groups is 1. The number of carbonyl (C=O) groups is 1. The van der Waals surface area contributed by atoms with Crippen LogP contribution in [0.4, 0.5) is 5.69 Å². The molecule has 2 aromatic carbocycles. The fourth-order valence-electron chi connectivity index (χ4n) is 3.62. The molecular formula is C20H20N2OS. The summed E-state index contributed by atoms with van der Waals surface area (Å²) < 4.78 is 0. The Kier molecular flexibility index (Phi) is 4.07. The first-order valence-corrected chi connectivity index (χ1v) is 8.92. The fourth-order valence-corrected chi connectivity index (χ4v) is 4.04. The van der Waals surface area contributed by atoms with Crippen molar-refractivity contribution in [2.75, 3.05) is 11.4 Å². The molecule has 2 aliphatic heterocycles. The Labute approximate surface area is 147 Å². The molecule has 0 spiro atoms. The summed E-state index contributed by atoms with van der Waals surface area (Å²) in [5, 5.41) is 0.667. The summed E-state index contributed by atoms with van der Waals surface area (Å²) in [4.78, 5) is 16.5. The molecule has 24 heavy (non-hydrogen) atoms. The van der Waals surface area contributed by atoms with Crippen LogP contribution in [-0.4, -0.2) is 28.5 Å². The van der Waals surface area contributed by atoms with Crippen molar-refractivity contribution in [3.8, 4) is 0 Å². The lowest BCUT2D eigenvalue weighted by molar-refractivity contribution is -0.120. The van der Waals surface area contributed by atoms with E-state index in [0.717, 1.165) is 37.9 Å². The number of amides is 1. The van der Waals surface area contributed by atoms with Crippen LogP contribution in [0.2, 0.25) is 0 Å². The SMILES string of the molecule is O=C1C2CCCCN2C(=S)N1c1ccc(Cc2ccccc2)cc1. The van der Waals surface area contributed by atoms with Gasteiger partial charge in [-0.2, -0.15) is 0 Å². The highest BCUT2D eigenvalue weighted by Crippen LogP contribution is 2.31. The average Bonchev–Trinajstić information content (AvgIpc) is 2.88. The number of anilines is 1. The van der Waals surface area contributed by atoms with Gasteiger partial charge in [-0.1, -0.05) is 42.5 Å². The molecule has 1 amide bonds. The van der Waals surface area contributed by atoms with Crippen LogP contribution in [0, 0.1) is 0 Å². The molecule has 2 heterocycles. The monoisotopic (exact) mass is 336 g/mol. The quantitative estimate of drug-likeness (QED) is 0.797. The summed E-state index contributed by atoms with van der Waals surface area (Å²) in [5.41, 5.74) is 3.41. The molecule has 2 fully saturated rings. The maximum Gasteiger partial charge on any atom is 0.256 e. The van der Waals surface area contributed by atoms with Crippen LogP contribution in [0.5, 0.6) is 0 Å². The van der Waals surface area contributed by atoms with Crippen molar-refractivity contribution in [1.29, 1.82) is 0 Å². The number of benzene rings is 2. The van der Waals surface area contributed by atoms with Crippen molar-refractivity contribution in [1.82, 2.24) is 4.90 Å². The van der Waals surface area contributed by atoms with Gasteiger partial charge < -0.3 is 4.90 Å². The summed E-state index contributed by atoms with van der Waals surface area (Å²) in [6.07, 6.45) is 4.04. The highest BCUT2D eigenvalue weighted by molar-refractivity contribution is 7.80. The minimum atomic E-state index is -0.0461. The van der Waals surface area contributed by atoms with Gasteiger partial charge in [-0.3, -0.25) is 9.69 Å². The van der Waals surface area contributed by atoms with Crippen LogP contribution < -0.4 is 4.90 Å². The van der Waals surface area contributed by atoms with Gasteiger partial charge in [0.2, 0.25) is 0 Å². The minimum Gasteiger partial charge on any atom is -0.336 e. The summed E-state index contributed by atoms with van der Waals surface area (Å²) in [6.45, 7) is 0.901. The molecule has 0 aliphatic carbocycles. The second-order valence-electron chi connectivity index (χ2n) is 6.49. The summed E-state index contributed by atoms with van der Waals surface area (Å²) in [7, 11) is 0. The first-order chi connectivity index (χ1) is 11.7. The van der Waals surface area contributed by atoms with Crippen molar-refractivity contribution in [3.05, 3.63) is 65.7 Å². The summed E-state index contributed by atoms with van der Waals surface area (Å²) in [6, 6.07) is 18.6. The van der Waals surface area contributed by atoms with E-state index in [9.17, 15) is 4.79 Å². The molecule has 0 aromatic heterocycles. The summed E-state index contributed by atoms with van der Waals surface area (Å²) >= 11 is 5.57. The van der Waals surface area contributed by atoms with E-state index in [1.165, 1.54) is 11.1 Å². The highest BCUT2D eigenvalue weighted by Gasteiger charge is 2.43. The Morgan fingerprint density at radius 1 is 0.958 bits per heavy atom. The molecule has 4 rings (SSSR count). The van der Waals surface area contributed by atoms with Crippen molar-refractivity contribution >= 4 is 28.9 Å². The Morgan fingerprint density at radius 2 is 1.67 bits per heavy atom. The van der Waals surface area contributed by atoms with Crippen LogP contribution >= 0.6 is 12.2 Å². The first-order valence-electron chi connectivity index (χ1n) is 8.51. The molecule has 0 radical (unpaired) electrons. The Bertz CT molecular complexity index is 733. The smallest absolute Gasteiger partial charge is 0.256 e. The van der Waals surface area contributed by atoms with Crippen LogP contribution in [0.1, 0.15) is 30.4 Å². The molecule has 122 valence electrons. The van der Waals surface area contributed by atoms with E-state index in [1.807, 2.05) is 18.2 Å². The molecule has 2 saturated heterocycles. The Balaban J connectivity index is 1.54. The largest absolute Gasteiger partial charge is 0.336 e. The van der Waals surface area contributed by atoms with Gasteiger partial charge in [0, 0.05) is 6.54 Å². The van der Waals surface area contributed by atoms with Crippen molar-refractivity contribution in [3.63, 3.8) is 0 Å². The first kappa shape index (κ1) is 15.3. The van der Waals surface area contributed by atoms with Gasteiger partial charge in [0.15, 0.2) is 5.11 Å². The van der Waals surface area contributed by atoms with Crippen molar-refractivity contribution in [2.45, 2.75) is 31.7 Å². The zero-order valence-electron chi connectivity index (χ0n) is 13.5. The van der Waals surface area contributed by atoms with Gasteiger partial charge in [0.05, 0.1) is 5.69 Å². The van der Waals surface area contributed by atoms with E-state index in [2.05, 4.69) is 41.3 Å². The maximum atomic E-state index is 12.7. The standard InChI is InChI=1S/C20H20N2OS/c23-19-18-8-4-5-13-21(18)20(24)22(19)17-11-9-16(10-12-17)14-15-6-2-1-3-7-15/h1-3,6-7,9-12,18H,4-5,8,13-14H2. The van der Waals surface area contributed by atoms with Gasteiger partial charge in [-0.05, 0) is 61.2 Å². The van der Waals surface area contributed by atoms with E-state index in [0.29, 0.717) is 5.11 Å². The number of carbonyl (C=O) groups excluding carboxylic acids is 1. The predicted molar refractivity (Wildman–Crippen MR) is 100 cm³/mol. The van der Waals surface area contributed by atoms with E-state index in [4.69, 9.17) is 12.2 Å². The van der Waals surface area contributed by atoms with Gasteiger partial charge >= 0.3 is 0 Å². The molecule has 2 aromatic rings. The van der Waals surface area contributed by atoms with Crippen molar-refractivity contribution < 1.29 is 4.79 Å². The second kappa shape index (κ2) is 6.36. The third-order valence-electron chi connectivity index (χ3n) is 4.89. The number of rotatable bonds is 3. The van der Waals surface area contributed by atoms with Crippen molar-refractivity contribution in [2.24, 2.45) is 0 Å². The number of hydrogen-bond donors (Lipinski definition) is 0. The molecule has 3 nitrogen and oxygen atoms in total. The number of nitrogens with zero attached hydrogens (tertiary/aromatic N) is 2. The molecule has 0 saturated carbocycles. The number of fused-ring (bicyclic) bond motifs is 1. The topological polar surface area (TPSA) is 23.6 Å². The molecule has 1 unspecified atom stereocenters. The maximum absolute atomic E-state index is 12.7. The molecule has 4 heteroatoms. The lowest BCUT2D eigenvalue weighted by atomic mass is 10.0. The van der Waals surface area contributed by atoms with E-state index < -0.39 is 0 Å². The zero-order chi connectivity index (χ0) is 16.5. The average molecular weight is 336 g/mol. The second-order valence-corrected chi connectivity index (χ2v) is 6.86. The molecule has 0 bridgehead atoms. The fraction of sp³-hybridized carbons (Fsp3) is 0.300. The number of hydrogen-bond acceptors (Lipinski definition) is 2. The van der Waals surface area contributed by atoms with Crippen LogP contribution in [0.25, 0.3) is 0 Å². The van der Waals surface area contributed by atoms with Gasteiger partial charge in [0.25, 0.3) is 5.91 Å². The van der Waals surface area contributed by atoms with E-state index >= 15 is 0 Å². The summed E-state index contributed by atoms with van der Waals surface area (Å²) in [5.74, 6) is 0.135. The Morgan fingerprint density at radius 3 is 2.38 bits per heavy atom. The van der Waals surface area contributed by atoms with Crippen LogP contribution in [0.3, 0.4) is 0 Å². The molecule has 1 atom stereocenters. The highest BCUT2D eigenvalue weighted by atomic mass is 32.1. The third kappa shape index (κ3) is 2.71. The minimum absolute atomic E-state index is 0.0461. The van der Waals surface area contributed by atoms with Crippen LogP contribution in [-0.2, 0) is 11.2 Å². The lowest BCUT2D eigenvalue weighted by Gasteiger charge is -2.27. The lowest BCUT2D eigenvalue weighted by Crippen LogP contribution is -2.38. The predicted octanol–water partition coefficient (Wildman–Crippen LogP) is 3.76. The van der Waals surface area contributed by atoms with E-state index in [-0.39, 0.29) is 11.9 Å². The molecule has 0 N–H and O–H groups in total. The zero-order valence-corrected chi connectivity index (χ0v) is 14.3. The van der Waals surface area contributed by atoms with Gasteiger partial charge in [-0.15, -0.1) is 0 Å². The van der Waals surface area contributed by atoms with E-state index in [1.54, 1.807) is 4.90 Å². The number of piperidine rings is 1. The van der Waals surface area contributed by atoms with Gasteiger partial charge in [0.1, 0.15) is 6.04 Å². The van der Waals surface area contributed by atoms with Gasteiger partial charge in [-0.25, -0.2) is 0 Å². The van der Waals surface area contributed by atoms with Crippen LogP contribution in [0.15, 0.2) is 54.6 Å². The molecule has 2 aliphatic rings. The third-order valence-corrected chi connectivity index (χ3v) is 5.31. The normalized spacial score (nSPS) is 20.4. The molecular weight excluding hydrogens is 316 g/mol.